The summed E-state index contributed by atoms with van der Waals surface area (Å²) in [6.45, 7) is 5.16. The highest BCUT2D eigenvalue weighted by atomic mass is 16.4. The number of aryl methyl sites for hydroxylation is 2. The van der Waals surface area contributed by atoms with Crippen molar-refractivity contribution in [1.82, 2.24) is 5.43 Å². The lowest BCUT2D eigenvalue weighted by molar-refractivity contribution is 0.511. The highest BCUT2D eigenvalue weighted by molar-refractivity contribution is 6.05. The van der Waals surface area contributed by atoms with E-state index in [1.54, 1.807) is 0 Å². The molecule has 0 bridgehead atoms. The van der Waals surface area contributed by atoms with E-state index in [2.05, 4.69) is 35.9 Å². The van der Waals surface area contributed by atoms with Crippen molar-refractivity contribution < 1.29 is 4.42 Å². The monoisotopic (exact) mass is 467 g/mol. The highest BCUT2D eigenvalue weighted by Crippen LogP contribution is 2.36. The van der Waals surface area contributed by atoms with Gasteiger partial charge >= 0.3 is 5.63 Å². The van der Waals surface area contributed by atoms with Gasteiger partial charge in [0, 0.05) is 35.3 Å². The summed E-state index contributed by atoms with van der Waals surface area (Å²) in [5.74, 6) is 0.347. The second-order valence-corrected chi connectivity index (χ2v) is 10.3. The Bertz CT molecular complexity index is 1430. The van der Waals surface area contributed by atoms with E-state index in [4.69, 9.17) is 9.52 Å². The van der Waals surface area contributed by atoms with Crippen molar-refractivity contribution in [2.75, 3.05) is 11.9 Å². The maximum Gasteiger partial charge on any atom is 0.344 e. The summed E-state index contributed by atoms with van der Waals surface area (Å²) in [6, 6.07) is 12.5. The second kappa shape index (κ2) is 9.03. The van der Waals surface area contributed by atoms with Crippen LogP contribution in [0, 0.1) is 12.8 Å². The number of fused-ring (bicyclic) bond motifs is 3. The molecular formula is C30H33N3O2. The zero-order chi connectivity index (χ0) is 23.9. The SMILES string of the molecule is CC1=C2CCCCCCC2C(c2cccc(-c3c(C)c4cc5c(cc4oc3=O)NCCC5)c2)=NN1. The topological polar surface area (TPSA) is 66.6 Å². The van der Waals surface area contributed by atoms with E-state index in [9.17, 15) is 4.79 Å². The van der Waals surface area contributed by atoms with E-state index >= 15 is 0 Å². The van der Waals surface area contributed by atoms with Crippen LogP contribution in [0.2, 0.25) is 0 Å². The number of benzene rings is 2. The number of nitrogens with one attached hydrogen (secondary N) is 2. The summed E-state index contributed by atoms with van der Waals surface area (Å²) in [5.41, 5.74) is 13.5. The predicted molar refractivity (Wildman–Crippen MR) is 143 cm³/mol. The fourth-order valence-electron chi connectivity index (χ4n) is 6.16. The molecule has 1 aliphatic carbocycles. The van der Waals surface area contributed by atoms with Gasteiger partial charge in [0.1, 0.15) is 5.58 Å². The molecule has 6 rings (SSSR count). The molecule has 5 nitrogen and oxygen atoms in total. The average molecular weight is 468 g/mol. The number of allylic oxidation sites excluding steroid dienone is 2. The van der Waals surface area contributed by atoms with E-state index in [0.29, 0.717) is 17.1 Å². The molecule has 2 aliphatic heterocycles. The molecule has 1 fully saturated rings. The normalized spacial score (nSPS) is 20.2. The molecule has 3 aliphatic rings. The molecule has 1 saturated carbocycles. The van der Waals surface area contributed by atoms with Crippen LogP contribution >= 0.6 is 0 Å². The van der Waals surface area contributed by atoms with Crippen LogP contribution in [0.15, 0.2) is 62.0 Å². The summed E-state index contributed by atoms with van der Waals surface area (Å²) < 4.78 is 5.86. The van der Waals surface area contributed by atoms with E-state index in [1.165, 1.54) is 42.5 Å². The summed E-state index contributed by atoms with van der Waals surface area (Å²) in [6.07, 6.45) is 9.51. The van der Waals surface area contributed by atoms with E-state index in [0.717, 1.165) is 65.7 Å². The van der Waals surface area contributed by atoms with E-state index < -0.39 is 0 Å². The molecule has 1 atom stereocenters. The predicted octanol–water partition coefficient (Wildman–Crippen LogP) is 6.68. The standard InChI is InChI=1S/C30H33N3O2/c1-18-25-16-20-11-8-14-31-26(20)17-27(25)35-30(34)28(18)21-9-7-10-22(15-21)29-24-13-6-4-3-5-12-23(24)19(2)32-33-29/h7,9-10,15-17,24,31-32H,3-6,8,11-14H2,1-2H3. The lowest BCUT2D eigenvalue weighted by Gasteiger charge is -2.30. The molecule has 1 aromatic heterocycles. The van der Waals surface area contributed by atoms with Crippen LogP contribution in [0.5, 0.6) is 0 Å². The first-order chi connectivity index (χ1) is 17.1. The zero-order valence-corrected chi connectivity index (χ0v) is 20.7. The molecule has 3 aromatic rings. The van der Waals surface area contributed by atoms with Crippen molar-refractivity contribution in [3.63, 3.8) is 0 Å². The van der Waals surface area contributed by atoms with Crippen LogP contribution in [0.4, 0.5) is 5.69 Å². The van der Waals surface area contributed by atoms with Gasteiger partial charge in [0.15, 0.2) is 0 Å². The first-order valence-corrected chi connectivity index (χ1v) is 13.1. The van der Waals surface area contributed by atoms with Gasteiger partial charge in [0.05, 0.1) is 11.3 Å². The molecule has 2 aromatic carbocycles. The Morgan fingerprint density at radius 3 is 2.74 bits per heavy atom. The smallest absolute Gasteiger partial charge is 0.344 e. The molecule has 35 heavy (non-hydrogen) atoms. The molecule has 0 saturated heterocycles. The third-order valence-corrected chi connectivity index (χ3v) is 8.04. The van der Waals surface area contributed by atoms with E-state index in [1.807, 2.05) is 25.1 Å². The Kier molecular flexibility index (Phi) is 5.71. The maximum atomic E-state index is 13.2. The van der Waals surface area contributed by atoms with Gasteiger partial charge in [-0.2, -0.15) is 5.10 Å². The maximum absolute atomic E-state index is 13.2. The second-order valence-electron chi connectivity index (χ2n) is 10.3. The lowest BCUT2D eigenvalue weighted by atomic mass is 9.79. The Morgan fingerprint density at radius 1 is 0.971 bits per heavy atom. The Labute approximate surface area is 206 Å². The Morgan fingerprint density at radius 2 is 1.83 bits per heavy atom. The van der Waals surface area contributed by atoms with Crippen LogP contribution in [0.1, 0.15) is 68.6 Å². The highest BCUT2D eigenvalue weighted by Gasteiger charge is 2.28. The average Bonchev–Trinajstić information content (AvgIpc) is 2.84. The largest absolute Gasteiger partial charge is 0.422 e. The molecule has 0 amide bonds. The van der Waals surface area contributed by atoms with Gasteiger partial charge in [0.25, 0.3) is 0 Å². The van der Waals surface area contributed by atoms with Crippen LogP contribution in [-0.2, 0) is 6.42 Å². The molecule has 2 N–H and O–H groups in total. The van der Waals surface area contributed by atoms with Crippen molar-refractivity contribution >= 4 is 22.4 Å². The lowest BCUT2D eigenvalue weighted by Crippen LogP contribution is -2.29. The van der Waals surface area contributed by atoms with Crippen LogP contribution in [-0.4, -0.2) is 12.3 Å². The molecule has 180 valence electrons. The van der Waals surface area contributed by atoms with Gasteiger partial charge in [-0.25, -0.2) is 4.79 Å². The van der Waals surface area contributed by atoms with Crippen LogP contribution < -0.4 is 16.4 Å². The molecule has 5 heteroatoms. The fourth-order valence-corrected chi connectivity index (χ4v) is 6.16. The third-order valence-electron chi connectivity index (χ3n) is 8.04. The number of rotatable bonds is 2. The van der Waals surface area contributed by atoms with Crippen LogP contribution in [0.25, 0.3) is 22.1 Å². The number of hydrogen-bond acceptors (Lipinski definition) is 5. The molecular weight excluding hydrogens is 434 g/mol. The fraction of sp³-hybridized carbons (Fsp3) is 0.400. The number of nitrogens with zero attached hydrogens (tertiary/aromatic N) is 1. The van der Waals surface area contributed by atoms with Crippen molar-refractivity contribution in [3.8, 4) is 11.1 Å². The van der Waals surface area contributed by atoms with Crippen molar-refractivity contribution in [2.45, 2.75) is 65.2 Å². The molecule has 3 heterocycles. The number of hydrogen-bond donors (Lipinski definition) is 2. The summed E-state index contributed by atoms with van der Waals surface area (Å²) in [4.78, 5) is 13.2. The van der Waals surface area contributed by atoms with Crippen molar-refractivity contribution in [2.24, 2.45) is 11.0 Å². The first kappa shape index (κ1) is 22.1. The molecule has 0 radical (unpaired) electrons. The van der Waals surface area contributed by atoms with Gasteiger partial charge in [-0.05, 0) is 85.9 Å². The minimum Gasteiger partial charge on any atom is -0.422 e. The first-order valence-electron chi connectivity index (χ1n) is 13.1. The van der Waals surface area contributed by atoms with Gasteiger partial charge < -0.3 is 9.73 Å². The zero-order valence-electron chi connectivity index (χ0n) is 20.7. The molecule has 0 spiro atoms. The minimum absolute atomic E-state index is 0.283. The van der Waals surface area contributed by atoms with Crippen molar-refractivity contribution in [1.29, 1.82) is 0 Å². The summed E-state index contributed by atoms with van der Waals surface area (Å²) in [7, 11) is 0. The Balaban J connectivity index is 1.43. The summed E-state index contributed by atoms with van der Waals surface area (Å²) in [5, 5.41) is 9.27. The quantitative estimate of drug-likeness (QED) is 0.413. The molecule has 1 unspecified atom stereocenters. The van der Waals surface area contributed by atoms with Gasteiger partial charge in [-0.1, -0.05) is 37.5 Å². The van der Waals surface area contributed by atoms with Gasteiger partial charge in [0.2, 0.25) is 0 Å². The van der Waals surface area contributed by atoms with Crippen LogP contribution in [0.3, 0.4) is 0 Å². The minimum atomic E-state index is -0.283. The van der Waals surface area contributed by atoms with Gasteiger partial charge in [-0.15, -0.1) is 0 Å². The number of hydrazone groups is 1. The number of anilines is 1. The third kappa shape index (κ3) is 3.97. The van der Waals surface area contributed by atoms with Crippen molar-refractivity contribution in [3.05, 3.63) is 74.8 Å². The van der Waals surface area contributed by atoms with Gasteiger partial charge in [-0.3, -0.25) is 5.43 Å². The van der Waals surface area contributed by atoms with E-state index in [-0.39, 0.29) is 5.63 Å². The summed E-state index contributed by atoms with van der Waals surface area (Å²) >= 11 is 0. The Hall–Kier alpha value is -3.34.